The normalized spacial score (nSPS) is 21.3. The molecular formula is C32H46N2O4. The summed E-state index contributed by atoms with van der Waals surface area (Å²) in [6.07, 6.45) is 8.32. The molecule has 3 aliphatic rings. The standard InChI is InChI=1S/C32H46N2O4/c1-35-18-3-17-34-16-2-5-28-9-8-26(21-31(28)34)24-38-32-22-33-15-14-30(32)27-10-12-29(13-11-27)37-20-4-19-36-23-25-6-7-25/h8-13,21,25,30,32-33H,2-7,14-20,22-24H2,1H3/t30-,32?/m1/s1. The third-order valence-electron chi connectivity index (χ3n) is 8.09. The Morgan fingerprint density at radius 1 is 0.974 bits per heavy atom. The number of ether oxygens (including phenoxy) is 4. The van der Waals surface area contributed by atoms with Gasteiger partial charge in [-0.3, -0.25) is 0 Å². The van der Waals surface area contributed by atoms with Gasteiger partial charge in [0.1, 0.15) is 5.75 Å². The van der Waals surface area contributed by atoms with Gasteiger partial charge < -0.3 is 29.2 Å². The molecule has 1 unspecified atom stereocenters. The van der Waals surface area contributed by atoms with Crippen LogP contribution in [0, 0.1) is 5.92 Å². The van der Waals surface area contributed by atoms with Gasteiger partial charge in [0.15, 0.2) is 0 Å². The highest BCUT2D eigenvalue weighted by Gasteiger charge is 2.27. The predicted molar refractivity (Wildman–Crippen MR) is 152 cm³/mol. The Morgan fingerprint density at radius 3 is 2.71 bits per heavy atom. The number of nitrogens with zero attached hydrogens (tertiary/aromatic N) is 1. The molecule has 208 valence electrons. The maximum Gasteiger partial charge on any atom is 0.119 e. The molecule has 38 heavy (non-hydrogen) atoms. The van der Waals surface area contributed by atoms with E-state index in [4.69, 9.17) is 18.9 Å². The van der Waals surface area contributed by atoms with Gasteiger partial charge in [-0.2, -0.15) is 0 Å². The molecule has 1 saturated carbocycles. The van der Waals surface area contributed by atoms with Crippen LogP contribution in [0.5, 0.6) is 5.75 Å². The number of rotatable bonds is 15. The molecule has 6 nitrogen and oxygen atoms in total. The van der Waals surface area contributed by atoms with Gasteiger partial charge in [-0.15, -0.1) is 0 Å². The Labute approximate surface area is 229 Å². The fraction of sp³-hybridized carbons (Fsp3) is 0.625. The molecule has 0 bridgehead atoms. The molecule has 1 N–H and O–H groups in total. The van der Waals surface area contributed by atoms with E-state index in [0.717, 1.165) is 76.9 Å². The maximum atomic E-state index is 6.57. The Balaban J connectivity index is 1.12. The summed E-state index contributed by atoms with van der Waals surface area (Å²) in [6, 6.07) is 15.6. The summed E-state index contributed by atoms with van der Waals surface area (Å²) < 4.78 is 23.5. The predicted octanol–water partition coefficient (Wildman–Crippen LogP) is 5.33. The van der Waals surface area contributed by atoms with Gasteiger partial charge in [0.25, 0.3) is 0 Å². The first-order chi connectivity index (χ1) is 18.8. The molecule has 5 rings (SSSR count). The SMILES string of the molecule is COCCCN1CCCc2ccc(COC3CNCC[C@@H]3c3ccc(OCCCOCC4CC4)cc3)cc21. The zero-order valence-electron chi connectivity index (χ0n) is 23.2. The number of hydrogen-bond acceptors (Lipinski definition) is 6. The molecule has 2 heterocycles. The highest BCUT2D eigenvalue weighted by atomic mass is 16.5. The summed E-state index contributed by atoms with van der Waals surface area (Å²) >= 11 is 0. The van der Waals surface area contributed by atoms with Crippen molar-refractivity contribution in [2.24, 2.45) is 5.92 Å². The molecule has 2 aromatic rings. The molecule has 2 fully saturated rings. The van der Waals surface area contributed by atoms with Crippen molar-refractivity contribution in [2.75, 3.05) is 64.6 Å². The van der Waals surface area contributed by atoms with Crippen molar-refractivity contribution in [2.45, 2.75) is 63.6 Å². The Hall–Kier alpha value is -2.12. The maximum absolute atomic E-state index is 6.57. The topological polar surface area (TPSA) is 52.2 Å². The van der Waals surface area contributed by atoms with Crippen molar-refractivity contribution in [1.29, 1.82) is 0 Å². The van der Waals surface area contributed by atoms with E-state index in [1.807, 2.05) is 0 Å². The molecular weight excluding hydrogens is 476 g/mol. The molecule has 1 aliphatic carbocycles. The van der Waals surface area contributed by atoms with Crippen LogP contribution in [0.2, 0.25) is 0 Å². The van der Waals surface area contributed by atoms with Gasteiger partial charge in [-0.05, 0) is 85.9 Å². The van der Waals surface area contributed by atoms with Gasteiger partial charge in [0.2, 0.25) is 0 Å². The lowest BCUT2D eigenvalue weighted by atomic mass is 9.87. The van der Waals surface area contributed by atoms with Crippen molar-refractivity contribution in [3.8, 4) is 5.75 Å². The van der Waals surface area contributed by atoms with Crippen LogP contribution in [0.3, 0.4) is 0 Å². The van der Waals surface area contributed by atoms with E-state index in [2.05, 4.69) is 52.7 Å². The minimum absolute atomic E-state index is 0.160. The third-order valence-corrected chi connectivity index (χ3v) is 8.09. The van der Waals surface area contributed by atoms with Crippen LogP contribution in [0.1, 0.15) is 61.1 Å². The average Bonchev–Trinajstić information content (AvgIpc) is 3.79. The number of fused-ring (bicyclic) bond motifs is 1. The molecule has 0 aromatic heterocycles. The zero-order chi connectivity index (χ0) is 26.0. The second kappa shape index (κ2) is 14.3. The van der Waals surface area contributed by atoms with E-state index in [9.17, 15) is 0 Å². The van der Waals surface area contributed by atoms with Crippen LogP contribution < -0.4 is 15.0 Å². The third kappa shape index (κ3) is 7.95. The summed E-state index contributed by atoms with van der Waals surface area (Å²) in [5.41, 5.74) is 5.45. The summed E-state index contributed by atoms with van der Waals surface area (Å²) in [6.45, 7) is 7.97. The van der Waals surface area contributed by atoms with Gasteiger partial charge in [0, 0.05) is 64.6 Å². The highest BCUT2D eigenvalue weighted by molar-refractivity contribution is 5.57. The number of hydrogen-bond donors (Lipinski definition) is 1. The van der Waals surface area contributed by atoms with E-state index in [1.165, 1.54) is 48.1 Å². The van der Waals surface area contributed by atoms with E-state index < -0.39 is 0 Å². The first-order valence-corrected chi connectivity index (χ1v) is 14.8. The van der Waals surface area contributed by atoms with Gasteiger partial charge in [-0.25, -0.2) is 0 Å². The highest BCUT2D eigenvalue weighted by Crippen LogP contribution is 2.32. The first-order valence-electron chi connectivity index (χ1n) is 14.8. The quantitative estimate of drug-likeness (QED) is 0.319. The minimum Gasteiger partial charge on any atom is -0.494 e. The van der Waals surface area contributed by atoms with Gasteiger partial charge in [0.05, 0.1) is 19.3 Å². The molecule has 0 spiro atoms. The number of benzene rings is 2. The Bertz CT molecular complexity index is 978. The number of anilines is 1. The van der Waals surface area contributed by atoms with Crippen molar-refractivity contribution in [3.05, 3.63) is 59.2 Å². The van der Waals surface area contributed by atoms with Crippen molar-refractivity contribution in [1.82, 2.24) is 5.32 Å². The number of nitrogens with one attached hydrogen (secondary N) is 1. The van der Waals surface area contributed by atoms with E-state index >= 15 is 0 Å². The van der Waals surface area contributed by atoms with Crippen LogP contribution >= 0.6 is 0 Å². The minimum atomic E-state index is 0.160. The second-order valence-corrected chi connectivity index (χ2v) is 11.1. The lowest BCUT2D eigenvalue weighted by Gasteiger charge is -2.33. The fourth-order valence-electron chi connectivity index (χ4n) is 5.70. The van der Waals surface area contributed by atoms with Crippen LogP contribution in [-0.2, 0) is 27.2 Å². The molecule has 6 heteroatoms. The van der Waals surface area contributed by atoms with E-state index in [0.29, 0.717) is 19.1 Å². The number of methoxy groups -OCH3 is 1. The van der Waals surface area contributed by atoms with Crippen molar-refractivity contribution in [3.63, 3.8) is 0 Å². The van der Waals surface area contributed by atoms with Crippen LogP contribution in [0.25, 0.3) is 0 Å². The average molecular weight is 523 g/mol. The number of aryl methyl sites for hydroxylation is 1. The molecule has 2 aliphatic heterocycles. The van der Waals surface area contributed by atoms with Gasteiger partial charge in [-0.1, -0.05) is 24.3 Å². The fourth-order valence-corrected chi connectivity index (χ4v) is 5.70. The van der Waals surface area contributed by atoms with Crippen molar-refractivity contribution >= 4 is 5.69 Å². The summed E-state index contributed by atoms with van der Waals surface area (Å²) in [4.78, 5) is 2.52. The summed E-state index contributed by atoms with van der Waals surface area (Å²) in [7, 11) is 1.78. The Morgan fingerprint density at radius 2 is 1.87 bits per heavy atom. The van der Waals surface area contributed by atoms with E-state index in [-0.39, 0.29) is 6.10 Å². The molecule has 2 aromatic carbocycles. The lowest BCUT2D eigenvalue weighted by molar-refractivity contribution is 0.0106. The largest absolute Gasteiger partial charge is 0.494 e. The lowest BCUT2D eigenvalue weighted by Crippen LogP contribution is -2.41. The monoisotopic (exact) mass is 522 g/mol. The molecule has 0 amide bonds. The summed E-state index contributed by atoms with van der Waals surface area (Å²) in [5, 5.41) is 3.54. The molecule has 0 radical (unpaired) electrons. The first kappa shape index (κ1) is 27.4. The second-order valence-electron chi connectivity index (χ2n) is 11.1. The van der Waals surface area contributed by atoms with Crippen molar-refractivity contribution < 1.29 is 18.9 Å². The molecule has 2 atom stereocenters. The van der Waals surface area contributed by atoms with Gasteiger partial charge >= 0.3 is 0 Å². The van der Waals surface area contributed by atoms with Crippen LogP contribution in [-0.4, -0.2) is 65.8 Å². The van der Waals surface area contributed by atoms with Crippen LogP contribution in [0.15, 0.2) is 42.5 Å². The Kier molecular flexibility index (Phi) is 10.3. The molecule has 1 saturated heterocycles. The summed E-state index contributed by atoms with van der Waals surface area (Å²) in [5.74, 6) is 2.15. The number of piperidine rings is 1. The smallest absolute Gasteiger partial charge is 0.119 e. The van der Waals surface area contributed by atoms with E-state index in [1.54, 1.807) is 7.11 Å². The van der Waals surface area contributed by atoms with Crippen LogP contribution in [0.4, 0.5) is 5.69 Å². The zero-order valence-corrected chi connectivity index (χ0v) is 23.2.